The van der Waals surface area contributed by atoms with Crippen LogP contribution in [0.1, 0.15) is 42.3 Å². The van der Waals surface area contributed by atoms with Crippen LogP contribution in [0.3, 0.4) is 0 Å². The summed E-state index contributed by atoms with van der Waals surface area (Å²) in [6.07, 6.45) is 4.31. The Labute approximate surface area is 199 Å². The number of nitrogens with one attached hydrogen (secondary N) is 1. The molecule has 1 aromatic heterocycles. The number of carbonyl (C=O) groups is 2. The summed E-state index contributed by atoms with van der Waals surface area (Å²) >= 11 is 7.79. The molecule has 2 aromatic rings. The summed E-state index contributed by atoms with van der Waals surface area (Å²) in [4.78, 5) is 34.1. The molecule has 0 bridgehead atoms. The fourth-order valence-corrected chi connectivity index (χ4v) is 5.26. The molecule has 174 valence electrons. The molecular formula is C23H23ClFN3O4S. The second-order valence-corrected chi connectivity index (χ2v) is 9.20. The highest BCUT2D eigenvalue weighted by Crippen LogP contribution is 2.42. The van der Waals surface area contributed by atoms with E-state index in [9.17, 15) is 14.0 Å². The maximum Gasteiger partial charge on any atom is 0.338 e. The van der Waals surface area contributed by atoms with E-state index in [-0.39, 0.29) is 22.8 Å². The van der Waals surface area contributed by atoms with E-state index >= 15 is 0 Å². The first-order valence-corrected chi connectivity index (χ1v) is 11.8. The van der Waals surface area contributed by atoms with E-state index in [1.165, 1.54) is 43.8 Å². The second-order valence-electron chi connectivity index (χ2n) is 7.90. The second kappa shape index (κ2) is 10.0. The number of allylic oxidation sites excluding steroid dienone is 1. The number of methoxy groups -OCH3 is 2. The van der Waals surface area contributed by atoms with Crippen LogP contribution in [0.2, 0.25) is 5.02 Å². The van der Waals surface area contributed by atoms with Gasteiger partial charge < -0.3 is 14.8 Å². The van der Waals surface area contributed by atoms with Gasteiger partial charge in [0.25, 0.3) is 0 Å². The standard InChI is InChI=1S/C23H23ClFN3O4S/c1-31-22(29)13-5-3-12(4-6-13)18-17(23(30)32-2)19(15-8-7-14(25)11-16(15)24)28-20(27-18)21-26-9-10-33-21/h7-13,19H,3-6H2,1-2H3,(H,27,28). The smallest absolute Gasteiger partial charge is 0.338 e. The molecule has 33 heavy (non-hydrogen) atoms. The van der Waals surface area contributed by atoms with E-state index in [1.807, 2.05) is 5.38 Å². The number of carbonyl (C=O) groups excluding carboxylic acids is 2. The number of thiazole rings is 1. The first-order chi connectivity index (χ1) is 15.9. The van der Waals surface area contributed by atoms with Crippen molar-refractivity contribution in [2.75, 3.05) is 14.2 Å². The van der Waals surface area contributed by atoms with E-state index < -0.39 is 17.8 Å². The van der Waals surface area contributed by atoms with Gasteiger partial charge in [0.05, 0.1) is 25.7 Å². The van der Waals surface area contributed by atoms with Crippen molar-refractivity contribution in [2.45, 2.75) is 31.7 Å². The van der Waals surface area contributed by atoms with Gasteiger partial charge >= 0.3 is 11.9 Å². The molecule has 2 aliphatic rings. The lowest BCUT2D eigenvalue weighted by atomic mass is 9.78. The van der Waals surface area contributed by atoms with Gasteiger partial charge in [0.1, 0.15) is 11.9 Å². The molecule has 2 heterocycles. The van der Waals surface area contributed by atoms with Gasteiger partial charge in [0.2, 0.25) is 0 Å². The van der Waals surface area contributed by atoms with E-state index in [4.69, 9.17) is 26.1 Å². The normalized spacial score (nSPS) is 22.9. The van der Waals surface area contributed by atoms with Crippen molar-refractivity contribution in [2.24, 2.45) is 16.8 Å². The number of amidine groups is 1. The first kappa shape index (κ1) is 23.4. The van der Waals surface area contributed by atoms with E-state index in [0.29, 0.717) is 53.4 Å². The molecule has 0 amide bonds. The van der Waals surface area contributed by atoms with Crippen LogP contribution in [-0.4, -0.2) is 37.0 Å². The minimum atomic E-state index is -0.793. The van der Waals surface area contributed by atoms with Crippen LogP contribution in [-0.2, 0) is 19.1 Å². The Balaban J connectivity index is 1.79. The molecule has 1 saturated carbocycles. The highest BCUT2D eigenvalue weighted by molar-refractivity contribution is 7.11. The summed E-state index contributed by atoms with van der Waals surface area (Å²) in [6.45, 7) is 0. The van der Waals surface area contributed by atoms with Crippen molar-refractivity contribution in [1.82, 2.24) is 10.3 Å². The summed E-state index contributed by atoms with van der Waals surface area (Å²) in [6, 6.07) is 3.23. The molecular weight excluding hydrogens is 469 g/mol. The molecule has 7 nitrogen and oxygen atoms in total. The topological polar surface area (TPSA) is 89.9 Å². The van der Waals surface area contributed by atoms with E-state index in [1.54, 1.807) is 6.20 Å². The van der Waals surface area contributed by atoms with Crippen molar-refractivity contribution < 1.29 is 23.5 Å². The number of aliphatic imine (C=N–C) groups is 1. The molecule has 1 fully saturated rings. The Morgan fingerprint density at radius 1 is 1.18 bits per heavy atom. The third-order valence-electron chi connectivity index (χ3n) is 6.04. The van der Waals surface area contributed by atoms with Gasteiger partial charge in [-0.2, -0.15) is 0 Å². The fourth-order valence-electron chi connectivity index (χ4n) is 4.40. The molecule has 0 radical (unpaired) electrons. The van der Waals surface area contributed by atoms with Crippen molar-refractivity contribution in [3.63, 3.8) is 0 Å². The van der Waals surface area contributed by atoms with Crippen LogP contribution in [0.5, 0.6) is 0 Å². The number of hydrogen-bond acceptors (Lipinski definition) is 8. The Kier molecular flexibility index (Phi) is 7.09. The number of esters is 2. The summed E-state index contributed by atoms with van der Waals surface area (Å²) in [5.41, 5.74) is 1.50. The van der Waals surface area contributed by atoms with Crippen molar-refractivity contribution in [3.8, 4) is 0 Å². The number of halogens is 2. The molecule has 0 spiro atoms. The molecule has 1 unspecified atom stereocenters. The van der Waals surface area contributed by atoms with Crippen LogP contribution >= 0.6 is 22.9 Å². The zero-order valence-corrected chi connectivity index (χ0v) is 19.7. The largest absolute Gasteiger partial charge is 0.469 e. The maximum atomic E-state index is 13.8. The average molecular weight is 492 g/mol. The van der Waals surface area contributed by atoms with E-state index in [0.717, 1.165) is 0 Å². The van der Waals surface area contributed by atoms with Crippen molar-refractivity contribution >= 4 is 40.7 Å². The summed E-state index contributed by atoms with van der Waals surface area (Å²) in [5, 5.41) is 5.98. The van der Waals surface area contributed by atoms with Crippen LogP contribution in [0, 0.1) is 17.7 Å². The summed E-state index contributed by atoms with van der Waals surface area (Å²) in [7, 11) is 2.70. The lowest BCUT2D eigenvalue weighted by molar-refractivity contribution is -0.146. The number of benzene rings is 1. The maximum absolute atomic E-state index is 13.8. The van der Waals surface area contributed by atoms with Gasteiger partial charge in [-0.3, -0.25) is 9.79 Å². The summed E-state index contributed by atoms with van der Waals surface area (Å²) in [5.74, 6) is -0.924. The van der Waals surface area contributed by atoms with Gasteiger partial charge in [-0.1, -0.05) is 17.7 Å². The SMILES string of the molecule is COC(=O)C1=C(C2CCC(C(=O)OC)CC2)NC(c2nccs2)=NC1c1ccc(F)cc1Cl. The predicted octanol–water partition coefficient (Wildman–Crippen LogP) is 4.43. The zero-order chi connectivity index (χ0) is 23.5. The minimum Gasteiger partial charge on any atom is -0.469 e. The number of rotatable bonds is 5. The van der Waals surface area contributed by atoms with Crippen molar-refractivity contribution in [3.05, 3.63) is 62.5 Å². The highest BCUT2D eigenvalue weighted by atomic mass is 35.5. The first-order valence-electron chi connectivity index (χ1n) is 10.5. The number of aromatic nitrogens is 1. The predicted molar refractivity (Wildman–Crippen MR) is 122 cm³/mol. The van der Waals surface area contributed by atoms with Gasteiger partial charge in [0, 0.05) is 27.9 Å². The molecule has 10 heteroatoms. The Bertz CT molecular complexity index is 1110. The van der Waals surface area contributed by atoms with Gasteiger partial charge in [-0.15, -0.1) is 11.3 Å². The van der Waals surface area contributed by atoms with Gasteiger partial charge in [0.15, 0.2) is 10.8 Å². The molecule has 0 saturated heterocycles. The Morgan fingerprint density at radius 2 is 1.94 bits per heavy atom. The third-order valence-corrected chi connectivity index (χ3v) is 7.15. The zero-order valence-electron chi connectivity index (χ0n) is 18.1. The summed E-state index contributed by atoms with van der Waals surface area (Å²) < 4.78 is 23.8. The monoisotopic (exact) mass is 491 g/mol. The molecule has 1 aliphatic heterocycles. The van der Waals surface area contributed by atoms with Gasteiger partial charge in [-0.05, 0) is 43.7 Å². The Morgan fingerprint density at radius 3 is 2.55 bits per heavy atom. The number of nitrogens with zero attached hydrogens (tertiary/aromatic N) is 2. The van der Waals surface area contributed by atoms with Crippen LogP contribution < -0.4 is 5.32 Å². The lowest BCUT2D eigenvalue weighted by Gasteiger charge is -2.34. The van der Waals surface area contributed by atoms with Crippen molar-refractivity contribution in [1.29, 1.82) is 0 Å². The molecule has 1 atom stereocenters. The fraction of sp³-hybridized carbons (Fsp3) is 0.391. The Hall–Kier alpha value is -2.78. The van der Waals surface area contributed by atoms with Crippen LogP contribution in [0.4, 0.5) is 4.39 Å². The molecule has 1 aliphatic carbocycles. The number of ether oxygens (including phenoxy) is 2. The third kappa shape index (κ3) is 4.79. The average Bonchev–Trinajstić information content (AvgIpc) is 3.37. The quantitative estimate of drug-likeness (QED) is 0.622. The van der Waals surface area contributed by atoms with Crippen LogP contribution in [0.15, 0.2) is 46.0 Å². The lowest BCUT2D eigenvalue weighted by Crippen LogP contribution is -2.38. The van der Waals surface area contributed by atoms with E-state index in [2.05, 4.69) is 10.3 Å². The minimum absolute atomic E-state index is 0.0350. The molecule has 1 aromatic carbocycles. The van der Waals surface area contributed by atoms with Crippen LogP contribution in [0.25, 0.3) is 0 Å². The highest BCUT2D eigenvalue weighted by Gasteiger charge is 2.38. The molecule has 1 N–H and O–H groups in total. The van der Waals surface area contributed by atoms with Gasteiger partial charge in [-0.25, -0.2) is 14.2 Å². The molecule has 4 rings (SSSR count). The number of hydrogen-bond donors (Lipinski definition) is 1.